The summed E-state index contributed by atoms with van der Waals surface area (Å²) in [7, 11) is 0. The van der Waals surface area contributed by atoms with Gasteiger partial charge in [-0.2, -0.15) is 0 Å². The van der Waals surface area contributed by atoms with Gasteiger partial charge in [-0.15, -0.1) is 0 Å². The predicted octanol–water partition coefficient (Wildman–Crippen LogP) is 2.21. The first-order valence-corrected chi connectivity index (χ1v) is 5.37. The van der Waals surface area contributed by atoms with Crippen LogP contribution in [0, 0.1) is 0 Å². The van der Waals surface area contributed by atoms with Crippen molar-refractivity contribution in [1.29, 1.82) is 0 Å². The van der Waals surface area contributed by atoms with Gasteiger partial charge in [-0.05, 0) is 23.8 Å². The molecule has 0 unspecified atom stereocenters. The number of nitrogens with one attached hydrogen (secondary N) is 1. The summed E-state index contributed by atoms with van der Waals surface area (Å²) in [6.07, 6.45) is 2.69. The number of carbonyl (C=O) groups excluding carboxylic acids is 1. The van der Waals surface area contributed by atoms with Gasteiger partial charge in [0, 0.05) is 16.1 Å². The van der Waals surface area contributed by atoms with Gasteiger partial charge in [-0.3, -0.25) is 9.59 Å². The zero-order valence-corrected chi connectivity index (χ0v) is 10.1. The molecule has 0 radical (unpaired) electrons. The minimum atomic E-state index is -1.10. The molecule has 17 heavy (non-hydrogen) atoms. The van der Waals surface area contributed by atoms with E-state index in [-0.39, 0.29) is 0 Å². The molecule has 0 aromatic heterocycles. The molecule has 1 aromatic rings. The molecule has 0 saturated carbocycles. The Morgan fingerprint density at radius 1 is 1.35 bits per heavy atom. The van der Waals surface area contributed by atoms with E-state index in [1.165, 1.54) is 12.2 Å². The fraction of sp³-hybridized carbons (Fsp3) is 0.0909. The average Bonchev–Trinajstić information content (AvgIpc) is 2.25. The van der Waals surface area contributed by atoms with Gasteiger partial charge >= 0.3 is 5.97 Å². The van der Waals surface area contributed by atoms with Crippen LogP contribution in [0.25, 0.3) is 6.08 Å². The summed E-state index contributed by atoms with van der Waals surface area (Å²) in [5, 5.41) is 11.5. The summed E-state index contributed by atoms with van der Waals surface area (Å²) in [6.45, 7) is -0.419. The van der Waals surface area contributed by atoms with Gasteiger partial charge in [0.2, 0.25) is 5.91 Å². The van der Waals surface area contributed by atoms with Crippen molar-refractivity contribution in [1.82, 2.24) is 5.32 Å². The van der Waals surface area contributed by atoms with Crippen LogP contribution in [0.2, 0.25) is 10.0 Å². The van der Waals surface area contributed by atoms with Gasteiger partial charge in [0.25, 0.3) is 0 Å². The van der Waals surface area contributed by atoms with Crippen LogP contribution in [0.4, 0.5) is 0 Å². The number of hydrogen-bond donors (Lipinski definition) is 2. The van der Waals surface area contributed by atoms with Crippen LogP contribution in [0.15, 0.2) is 24.3 Å². The highest BCUT2D eigenvalue weighted by Gasteiger charge is 2.01. The van der Waals surface area contributed by atoms with Gasteiger partial charge < -0.3 is 10.4 Å². The number of carboxylic acids is 1. The Labute approximate surface area is 108 Å². The summed E-state index contributed by atoms with van der Waals surface area (Å²) in [4.78, 5) is 21.4. The molecule has 0 aliphatic heterocycles. The molecule has 0 spiro atoms. The second kappa shape index (κ2) is 6.27. The van der Waals surface area contributed by atoms with Gasteiger partial charge in [0.15, 0.2) is 0 Å². The summed E-state index contributed by atoms with van der Waals surface area (Å²) in [5.41, 5.74) is 0.626. The van der Waals surface area contributed by atoms with Crippen LogP contribution < -0.4 is 5.32 Å². The highest BCUT2D eigenvalue weighted by atomic mass is 35.5. The summed E-state index contributed by atoms with van der Waals surface area (Å²) >= 11 is 11.6. The lowest BCUT2D eigenvalue weighted by molar-refractivity contribution is -0.137. The van der Waals surface area contributed by atoms with Gasteiger partial charge in [0.1, 0.15) is 6.54 Å². The highest BCUT2D eigenvalue weighted by Crippen LogP contribution is 2.21. The molecule has 0 heterocycles. The predicted molar refractivity (Wildman–Crippen MR) is 66.1 cm³/mol. The van der Waals surface area contributed by atoms with E-state index in [0.717, 1.165) is 0 Å². The maximum atomic E-state index is 11.2. The van der Waals surface area contributed by atoms with E-state index < -0.39 is 18.4 Å². The van der Waals surface area contributed by atoms with Crippen molar-refractivity contribution in [3.8, 4) is 0 Å². The number of carboxylic acid groups (broad SMARTS) is 1. The molecule has 0 atom stereocenters. The Hall–Kier alpha value is -1.52. The molecule has 2 N–H and O–H groups in total. The molecule has 1 rings (SSSR count). The Morgan fingerprint density at radius 2 is 2.06 bits per heavy atom. The van der Waals surface area contributed by atoms with E-state index in [0.29, 0.717) is 15.6 Å². The lowest BCUT2D eigenvalue weighted by atomic mass is 10.2. The molecule has 0 aliphatic rings. The Bertz CT molecular complexity index is 472. The van der Waals surface area contributed by atoms with Crippen LogP contribution in [-0.4, -0.2) is 23.5 Å². The van der Waals surface area contributed by atoms with Crippen molar-refractivity contribution in [2.24, 2.45) is 0 Å². The Morgan fingerprint density at radius 3 is 2.65 bits per heavy atom. The minimum Gasteiger partial charge on any atom is -0.480 e. The maximum Gasteiger partial charge on any atom is 0.322 e. The van der Waals surface area contributed by atoms with Crippen LogP contribution >= 0.6 is 23.2 Å². The Balaban J connectivity index is 2.64. The second-order valence-electron chi connectivity index (χ2n) is 3.11. The third kappa shape index (κ3) is 4.89. The van der Waals surface area contributed by atoms with E-state index in [1.54, 1.807) is 18.2 Å². The number of amides is 1. The molecular weight excluding hydrogens is 265 g/mol. The third-order valence-electron chi connectivity index (χ3n) is 1.79. The van der Waals surface area contributed by atoms with Gasteiger partial charge in [-0.1, -0.05) is 29.3 Å². The molecule has 0 bridgehead atoms. The summed E-state index contributed by atoms with van der Waals surface area (Å²) in [5.74, 6) is -1.60. The zero-order valence-electron chi connectivity index (χ0n) is 8.61. The molecule has 1 aromatic carbocycles. The molecule has 4 nitrogen and oxygen atoms in total. The van der Waals surface area contributed by atoms with E-state index in [4.69, 9.17) is 28.3 Å². The molecular formula is C11H9Cl2NO3. The minimum absolute atomic E-state index is 0.416. The molecule has 90 valence electrons. The van der Waals surface area contributed by atoms with Crippen molar-refractivity contribution in [2.45, 2.75) is 0 Å². The number of aliphatic carboxylic acids is 1. The molecule has 0 saturated heterocycles. The summed E-state index contributed by atoms with van der Waals surface area (Å²) in [6, 6.07) is 4.85. The first kappa shape index (κ1) is 13.5. The smallest absolute Gasteiger partial charge is 0.322 e. The lowest BCUT2D eigenvalue weighted by Gasteiger charge is -1.99. The molecule has 1 amide bonds. The highest BCUT2D eigenvalue weighted by molar-refractivity contribution is 6.35. The number of benzene rings is 1. The van der Waals surface area contributed by atoms with E-state index in [9.17, 15) is 9.59 Å². The molecule has 6 heteroatoms. The first-order valence-electron chi connectivity index (χ1n) is 4.62. The number of halogens is 2. The van der Waals surface area contributed by atoms with Gasteiger partial charge in [-0.25, -0.2) is 0 Å². The molecule has 0 aliphatic carbocycles. The van der Waals surface area contributed by atoms with Crippen LogP contribution in [0.1, 0.15) is 5.56 Å². The van der Waals surface area contributed by atoms with E-state index in [2.05, 4.69) is 5.32 Å². The van der Waals surface area contributed by atoms with Crippen molar-refractivity contribution in [2.75, 3.05) is 6.54 Å². The zero-order chi connectivity index (χ0) is 12.8. The number of carbonyl (C=O) groups is 2. The largest absolute Gasteiger partial charge is 0.480 e. The quantitative estimate of drug-likeness (QED) is 0.827. The fourth-order valence-corrected chi connectivity index (χ4v) is 1.50. The topological polar surface area (TPSA) is 66.4 Å². The maximum absolute atomic E-state index is 11.2. The molecule has 0 fully saturated rings. The second-order valence-corrected chi connectivity index (χ2v) is 3.95. The van der Waals surface area contributed by atoms with E-state index >= 15 is 0 Å². The first-order chi connectivity index (χ1) is 7.99. The average molecular weight is 274 g/mol. The SMILES string of the molecule is O=C(O)CNC(=O)/C=C/c1ccc(Cl)cc1Cl. The van der Waals surface area contributed by atoms with Crippen LogP contribution in [0.5, 0.6) is 0 Å². The van der Waals surface area contributed by atoms with Crippen LogP contribution in [0.3, 0.4) is 0 Å². The standard InChI is InChI=1S/C11H9Cl2NO3/c12-8-3-1-7(9(13)5-8)2-4-10(15)14-6-11(16)17/h1-5H,6H2,(H,14,15)(H,16,17)/b4-2+. The third-order valence-corrected chi connectivity index (χ3v) is 2.35. The normalized spacial score (nSPS) is 10.5. The van der Waals surface area contributed by atoms with Crippen LogP contribution in [-0.2, 0) is 9.59 Å². The number of hydrogen-bond acceptors (Lipinski definition) is 2. The number of rotatable bonds is 4. The van der Waals surface area contributed by atoms with Crippen molar-refractivity contribution >= 4 is 41.2 Å². The summed E-state index contributed by atoms with van der Waals surface area (Å²) < 4.78 is 0. The monoisotopic (exact) mass is 273 g/mol. The van der Waals surface area contributed by atoms with Crippen molar-refractivity contribution in [3.63, 3.8) is 0 Å². The fourth-order valence-electron chi connectivity index (χ4n) is 1.02. The van der Waals surface area contributed by atoms with Crippen molar-refractivity contribution in [3.05, 3.63) is 39.9 Å². The lowest BCUT2D eigenvalue weighted by Crippen LogP contribution is -2.27. The Kier molecular flexibility index (Phi) is 5.00. The van der Waals surface area contributed by atoms with Gasteiger partial charge in [0.05, 0.1) is 0 Å². The van der Waals surface area contributed by atoms with E-state index in [1.807, 2.05) is 0 Å². The van der Waals surface area contributed by atoms with Crippen molar-refractivity contribution < 1.29 is 14.7 Å².